The fourth-order valence-electron chi connectivity index (χ4n) is 3.51. The molecule has 3 amide bonds. The fraction of sp³-hybridized carbons (Fsp3) is 0.136. The van der Waals surface area contributed by atoms with Crippen molar-refractivity contribution in [3.8, 4) is 0 Å². The van der Waals surface area contributed by atoms with E-state index in [9.17, 15) is 9.59 Å². The van der Waals surface area contributed by atoms with Crippen LogP contribution in [0, 0.1) is 0 Å². The summed E-state index contributed by atoms with van der Waals surface area (Å²) in [6.07, 6.45) is 2.01. The number of hydrogen-bond acceptors (Lipinski definition) is 3. The average Bonchev–Trinajstić information content (AvgIpc) is 2.97. The molecule has 5 heteroatoms. The van der Waals surface area contributed by atoms with Crippen molar-refractivity contribution < 1.29 is 9.59 Å². The monoisotopic (exact) mass is 357 g/mol. The minimum Gasteiger partial charge on any atom is -0.318 e. The van der Waals surface area contributed by atoms with Crippen LogP contribution in [-0.4, -0.2) is 23.2 Å². The Hall–Kier alpha value is -3.47. The molecule has 1 N–H and O–H groups in total. The van der Waals surface area contributed by atoms with Crippen LogP contribution >= 0.6 is 0 Å². The lowest BCUT2D eigenvalue weighted by molar-refractivity contribution is -0.131. The third-order valence-corrected chi connectivity index (χ3v) is 5.00. The molecule has 1 aliphatic heterocycles. The summed E-state index contributed by atoms with van der Waals surface area (Å²) in [6, 6.07) is 22.5. The van der Waals surface area contributed by atoms with Gasteiger partial charge in [-0.3, -0.25) is 4.79 Å². The highest BCUT2D eigenvalue weighted by Crippen LogP contribution is 2.32. The Morgan fingerprint density at radius 1 is 0.963 bits per heavy atom. The Balaban J connectivity index is 1.69. The zero-order valence-corrected chi connectivity index (χ0v) is 14.9. The van der Waals surface area contributed by atoms with Crippen molar-refractivity contribution in [3.05, 3.63) is 83.9 Å². The maximum Gasteiger partial charge on any atom is 0.346 e. The van der Waals surface area contributed by atoms with E-state index in [1.165, 1.54) is 0 Å². The van der Waals surface area contributed by atoms with Gasteiger partial charge in [-0.1, -0.05) is 79.7 Å². The van der Waals surface area contributed by atoms with Gasteiger partial charge in [-0.15, -0.1) is 5.01 Å². The van der Waals surface area contributed by atoms with Crippen LogP contribution in [0.3, 0.4) is 0 Å². The van der Waals surface area contributed by atoms with E-state index >= 15 is 0 Å². The molecule has 3 aromatic rings. The lowest BCUT2D eigenvalue weighted by atomic mass is 9.87. The van der Waals surface area contributed by atoms with E-state index < -0.39 is 11.6 Å². The maximum atomic E-state index is 13.1. The second-order valence-corrected chi connectivity index (χ2v) is 6.48. The van der Waals surface area contributed by atoms with Crippen LogP contribution in [0.25, 0.3) is 10.8 Å². The number of nitrogens with one attached hydrogen (secondary N) is 1. The number of imide groups is 1. The third-order valence-electron chi connectivity index (χ3n) is 5.00. The topological polar surface area (TPSA) is 61.8 Å². The van der Waals surface area contributed by atoms with Crippen molar-refractivity contribution in [1.82, 2.24) is 10.3 Å². The molecule has 27 heavy (non-hydrogen) atoms. The van der Waals surface area contributed by atoms with Crippen LogP contribution < -0.4 is 5.32 Å². The van der Waals surface area contributed by atoms with Crippen molar-refractivity contribution in [2.45, 2.75) is 18.9 Å². The molecule has 0 aliphatic carbocycles. The Kier molecular flexibility index (Phi) is 4.20. The Labute approximate surface area is 157 Å². The molecular weight excluding hydrogens is 338 g/mol. The number of nitrogens with zero attached hydrogens (tertiary/aromatic N) is 2. The smallest absolute Gasteiger partial charge is 0.318 e. The first-order valence-electron chi connectivity index (χ1n) is 8.90. The molecular formula is C22H19N3O2. The molecule has 0 radical (unpaired) electrons. The van der Waals surface area contributed by atoms with Gasteiger partial charge >= 0.3 is 6.03 Å². The van der Waals surface area contributed by atoms with E-state index in [0.717, 1.165) is 26.9 Å². The number of hydrazone groups is 1. The molecule has 0 aromatic heterocycles. The predicted octanol–water partition coefficient (Wildman–Crippen LogP) is 4.03. The lowest BCUT2D eigenvalue weighted by Gasteiger charge is -2.24. The minimum absolute atomic E-state index is 0.363. The minimum atomic E-state index is -1.07. The molecule has 134 valence electrons. The molecule has 1 fully saturated rings. The third kappa shape index (κ3) is 2.77. The Morgan fingerprint density at radius 3 is 2.44 bits per heavy atom. The van der Waals surface area contributed by atoms with Crippen LogP contribution in [0.15, 0.2) is 77.9 Å². The molecule has 1 atom stereocenters. The van der Waals surface area contributed by atoms with Gasteiger partial charge in [0.15, 0.2) is 0 Å². The average molecular weight is 357 g/mol. The van der Waals surface area contributed by atoms with Crippen molar-refractivity contribution in [1.29, 1.82) is 0 Å². The van der Waals surface area contributed by atoms with E-state index in [2.05, 4.69) is 10.4 Å². The Bertz CT molecular complexity index is 1040. The summed E-state index contributed by atoms with van der Waals surface area (Å²) in [6.45, 7) is 1.88. The van der Waals surface area contributed by atoms with Gasteiger partial charge in [0.05, 0.1) is 6.21 Å². The summed E-state index contributed by atoms with van der Waals surface area (Å²) in [5.74, 6) is -0.363. The molecule has 0 bridgehead atoms. The van der Waals surface area contributed by atoms with Crippen molar-refractivity contribution in [2.24, 2.45) is 5.10 Å². The molecule has 0 saturated carbocycles. The molecule has 0 unspecified atom stereocenters. The van der Waals surface area contributed by atoms with E-state index in [-0.39, 0.29) is 5.91 Å². The number of hydrogen-bond donors (Lipinski definition) is 1. The van der Waals surface area contributed by atoms with Gasteiger partial charge in [0.25, 0.3) is 5.91 Å². The molecule has 1 aliphatic rings. The zero-order chi connectivity index (χ0) is 18.9. The summed E-state index contributed by atoms with van der Waals surface area (Å²) < 4.78 is 0. The standard InChI is InChI=1S/C22H19N3O2/c1-2-22(18-12-4-3-5-13-18)20(26)25(21(27)24-22)23-15-17-11-8-10-16-9-6-7-14-19(16)17/h3-15H,2H2,1H3,(H,24,27)/b23-15-/t22-/m0/s1. The summed E-state index contributed by atoms with van der Waals surface area (Å²) >= 11 is 0. The molecule has 3 aromatic carbocycles. The molecule has 1 saturated heterocycles. The summed E-state index contributed by atoms with van der Waals surface area (Å²) in [5.41, 5.74) is 0.533. The van der Waals surface area contributed by atoms with Crippen molar-refractivity contribution in [2.75, 3.05) is 0 Å². The number of carbonyl (C=O) groups excluding carboxylic acids is 2. The Morgan fingerprint density at radius 2 is 1.67 bits per heavy atom. The van der Waals surface area contributed by atoms with Gasteiger partial charge in [0.1, 0.15) is 5.54 Å². The summed E-state index contributed by atoms with van der Waals surface area (Å²) in [4.78, 5) is 25.6. The van der Waals surface area contributed by atoms with Crippen molar-refractivity contribution >= 4 is 28.9 Å². The van der Waals surface area contributed by atoms with Crippen LogP contribution in [0.4, 0.5) is 4.79 Å². The van der Waals surface area contributed by atoms with Gasteiger partial charge in [-0.25, -0.2) is 4.79 Å². The predicted molar refractivity (Wildman–Crippen MR) is 105 cm³/mol. The van der Waals surface area contributed by atoms with Gasteiger partial charge in [-0.2, -0.15) is 5.10 Å². The quantitative estimate of drug-likeness (QED) is 0.566. The van der Waals surface area contributed by atoms with Crippen LogP contribution in [-0.2, 0) is 10.3 Å². The molecule has 1 heterocycles. The molecule has 5 nitrogen and oxygen atoms in total. The van der Waals surface area contributed by atoms with Crippen molar-refractivity contribution in [3.63, 3.8) is 0 Å². The lowest BCUT2D eigenvalue weighted by Crippen LogP contribution is -2.43. The van der Waals surface area contributed by atoms with Gasteiger partial charge < -0.3 is 5.32 Å². The first-order chi connectivity index (χ1) is 13.2. The first kappa shape index (κ1) is 17.0. The van der Waals surface area contributed by atoms with Crippen LogP contribution in [0.5, 0.6) is 0 Å². The highest BCUT2D eigenvalue weighted by atomic mass is 16.2. The molecule has 4 rings (SSSR count). The number of fused-ring (bicyclic) bond motifs is 1. The van der Waals surface area contributed by atoms with Crippen LogP contribution in [0.2, 0.25) is 0 Å². The van der Waals surface area contributed by atoms with Gasteiger partial charge in [-0.05, 0) is 22.8 Å². The first-order valence-corrected chi connectivity index (χ1v) is 8.90. The molecule has 0 spiro atoms. The number of rotatable bonds is 4. The summed E-state index contributed by atoms with van der Waals surface area (Å²) in [7, 11) is 0. The van der Waals surface area contributed by atoms with Gasteiger partial charge in [0.2, 0.25) is 0 Å². The maximum absolute atomic E-state index is 13.1. The number of benzene rings is 3. The second kappa shape index (κ2) is 6.68. The number of amides is 3. The van der Waals surface area contributed by atoms with E-state index in [1.54, 1.807) is 6.21 Å². The van der Waals surface area contributed by atoms with E-state index in [1.807, 2.05) is 79.7 Å². The SMILES string of the molecule is CC[C@@]1(c2ccccc2)NC(=O)N(/N=C\c2cccc3ccccc23)C1=O. The normalized spacial score (nSPS) is 19.8. The number of carbonyl (C=O) groups is 2. The largest absolute Gasteiger partial charge is 0.346 e. The van der Waals surface area contributed by atoms with E-state index in [0.29, 0.717) is 6.42 Å². The van der Waals surface area contributed by atoms with Crippen LogP contribution in [0.1, 0.15) is 24.5 Å². The highest BCUT2D eigenvalue weighted by molar-refractivity contribution is 6.08. The summed E-state index contributed by atoms with van der Waals surface area (Å²) in [5, 5.41) is 10.1. The zero-order valence-electron chi connectivity index (χ0n) is 14.9. The van der Waals surface area contributed by atoms with E-state index in [4.69, 9.17) is 0 Å². The fourth-order valence-corrected chi connectivity index (χ4v) is 3.51. The number of urea groups is 1. The van der Waals surface area contributed by atoms with Gasteiger partial charge in [0, 0.05) is 5.56 Å². The second-order valence-electron chi connectivity index (χ2n) is 6.48. The highest BCUT2D eigenvalue weighted by Gasteiger charge is 2.51.